The number of fused-ring (bicyclic) bond motifs is 1. The molecule has 0 N–H and O–H groups in total. The van der Waals surface area contributed by atoms with Crippen molar-refractivity contribution in [1.29, 1.82) is 0 Å². The van der Waals surface area contributed by atoms with Gasteiger partial charge in [-0.3, -0.25) is 4.31 Å². The molecule has 2 aromatic carbocycles. The fraction of sp³-hybridized carbons (Fsp3) is 0.455. The van der Waals surface area contributed by atoms with Crippen LogP contribution in [0.4, 0.5) is 5.69 Å². The van der Waals surface area contributed by atoms with Crippen LogP contribution in [0.1, 0.15) is 29.5 Å². The van der Waals surface area contributed by atoms with Crippen LogP contribution in [0.5, 0.6) is 11.5 Å². The fourth-order valence-corrected chi connectivity index (χ4v) is 7.60. The summed E-state index contributed by atoms with van der Waals surface area (Å²) < 4.78 is 65.7. The van der Waals surface area contributed by atoms with Gasteiger partial charge in [-0.2, -0.15) is 4.31 Å². The molecule has 4 rings (SSSR count). The lowest BCUT2D eigenvalue weighted by atomic mass is 10.0. The van der Waals surface area contributed by atoms with Gasteiger partial charge in [0.2, 0.25) is 20.0 Å². The average Bonchev–Trinajstić information content (AvgIpc) is 2.77. The summed E-state index contributed by atoms with van der Waals surface area (Å²) in [5.74, 6) is 1.25. The molecule has 0 aliphatic carbocycles. The number of aryl methyl sites for hydroxylation is 1. The molecule has 0 radical (unpaired) electrons. The van der Waals surface area contributed by atoms with Crippen molar-refractivity contribution in [3.8, 4) is 11.5 Å². The molecule has 10 heteroatoms. The maximum Gasteiger partial charge on any atom is 0.243 e. The van der Waals surface area contributed by atoms with Crippen molar-refractivity contribution in [2.24, 2.45) is 0 Å². The van der Waals surface area contributed by atoms with Gasteiger partial charge in [-0.1, -0.05) is 6.07 Å². The lowest BCUT2D eigenvalue weighted by Gasteiger charge is -2.31. The Morgan fingerprint density at radius 2 is 1.62 bits per heavy atom. The summed E-state index contributed by atoms with van der Waals surface area (Å²) in [5, 5.41) is 0. The number of hydrogen-bond donors (Lipinski definition) is 0. The van der Waals surface area contributed by atoms with E-state index in [2.05, 4.69) is 0 Å². The van der Waals surface area contributed by atoms with E-state index >= 15 is 0 Å². The lowest BCUT2D eigenvalue weighted by molar-refractivity contribution is 0.348. The summed E-state index contributed by atoms with van der Waals surface area (Å²) >= 11 is 0. The third kappa shape index (κ3) is 4.06. The summed E-state index contributed by atoms with van der Waals surface area (Å²) in [6, 6.07) is 8.57. The highest BCUT2D eigenvalue weighted by Gasteiger charge is 2.32. The Bertz CT molecular complexity index is 1240. The number of hydrogen-bond acceptors (Lipinski definition) is 6. The maximum absolute atomic E-state index is 13.6. The molecule has 0 spiro atoms. The average molecular weight is 481 g/mol. The summed E-state index contributed by atoms with van der Waals surface area (Å²) in [6.45, 7) is 2.64. The van der Waals surface area contributed by atoms with Crippen molar-refractivity contribution in [2.75, 3.05) is 37.4 Å². The van der Waals surface area contributed by atoms with Gasteiger partial charge in [0.15, 0.2) is 11.5 Å². The minimum absolute atomic E-state index is 0.0805. The molecule has 0 aromatic heterocycles. The van der Waals surface area contributed by atoms with Crippen molar-refractivity contribution in [2.45, 2.75) is 37.6 Å². The Labute approximate surface area is 189 Å². The Hall–Kier alpha value is -2.30. The van der Waals surface area contributed by atoms with Crippen LogP contribution in [-0.2, 0) is 33.0 Å². The summed E-state index contributed by atoms with van der Waals surface area (Å²) in [5.41, 5.74) is 2.88. The van der Waals surface area contributed by atoms with Gasteiger partial charge in [0.05, 0.1) is 30.6 Å². The van der Waals surface area contributed by atoms with Crippen LogP contribution in [0.15, 0.2) is 35.2 Å². The van der Waals surface area contributed by atoms with E-state index in [0.29, 0.717) is 48.7 Å². The highest BCUT2D eigenvalue weighted by molar-refractivity contribution is 7.92. The van der Waals surface area contributed by atoms with E-state index in [4.69, 9.17) is 9.47 Å². The van der Waals surface area contributed by atoms with Crippen LogP contribution in [0.3, 0.4) is 0 Å². The number of benzene rings is 2. The second-order valence-electron chi connectivity index (χ2n) is 8.11. The van der Waals surface area contributed by atoms with Gasteiger partial charge in [0, 0.05) is 19.6 Å². The van der Waals surface area contributed by atoms with E-state index in [0.717, 1.165) is 17.5 Å². The SMILES string of the molecule is COc1cc2c(cc1OC)CN(S(=O)(=O)c1cc(N3CCCCS3(=O)=O)ccc1C)CC2. The second kappa shape index (κ2) is 8.57. The van der Waals surface area contributed by atoms with E-state index < -0.39 is 20.0 Å². The van der Waals surface area contributed by atoms with Crippen molar-refractivity contribution < 1.29 is 26.3 Å². The standard InChI is InChI=1S/C22H28N2O6S2/c1-16-6-7-19(24-9-4-5-11-31(24,25)26)14-22(16)32(27,28)23-10-8-17-12-20(29-2)21(30-3)13-18(17)15-23/h6-7,12-14H,4-5,8-11,15H2,1-3H3. The first-order valence-electron chi connectivity index (χ1n) is 10.5. The number of methoxy groups -OCH3 is 2. The van der Waals surface area contributed by atoms with Gasteiger partial charge in [0.1, 0.15) is 0 Å². The van der Waals surface area contributed by atoms with Crippen molar-refractivity contribution in [3.05, 3.63) is 47.0 Å². The molecule has 8 nitrogen and oxygen atoms in total. The van der Waals surface area contributed by atoms with Crippen molar-refractivity contribution in [3.63, 3.8) is 0 Å². The topological polar surface area (TPSA) is 93.2 Å². The number of rotatable bonds is 5. The smallest absolute Gasteiger partial charge is 0.243 e. The molecule has 0 atom stereocenters. The first kappa shape index (κ1) is 22.9. The Morgan fingerprint density at radius 1 is 0.938 bits per heavy atom. The number of anilines is 1. The van der Waals surface area contributed by atoms with Gasteiger partial charge < -0.3 is 9.47 Å². The van der Waals surface area contributed by atoms with Crippen LogP contribution in [-0.4, -0.2) is 54.2 Å². The van der Waals surface area contributed by atoms with Crippen molar-refractivity contribution in [1.82, 2.24) is 4.31 Å². The van der Waals surface area contributed by atoms with Crippen LogP contribution in [0.25, 0.3) is 0 Å². The molecule has 0 amide bonds. The molecule has 1 saturated heterocycles. The first-order valence-corrected chi connectivity index (χ1v) is 13.6. The van der Waals surface area contributed by atoms with Gasteiger partial charge in [-0.15, -0.1) is 0 Å². The molecule has 174 valence electrons. The Morgan fingerprint density at radius 3 is 2.28 bits per heavy atom. The minimum Gasteiger partial charge on any atom is -0.493 e. The molecule has 0 unspecified atom stereocenters. The zero-order valence-corrected chi connectivity index (χ0v) is 20.1. The minimum atomic E-state index is -3.83. The molecule has 1 fully saturated rings. The summed E-state index contributed by atoms with van der Waals surface area (Å²) in [6.07, 6.45) is 1.93. The molecule has 2 aromatic rings. The van der Waals surface area contributed by atoms with Crippen LogP contribution >= 0.6 is 0 Å². The zero-order valence-electron chi connectivity index (χ0n) is 18.5. The predicted octanol–water partition coefficient (Wildman–Crippen LogP) is 2.69. The van der Waals surface area contributed by atoms with Gasteiger partial charge >= 0.3 is 0 Å². The normalized spacial score (nSPS) is 18.8. The van der Waals surface area contributed by atoms with E-state index in [-0.39, 0.29) is 17.2 Å². The Balaban J connectivity index is 1.69. The highest BCUT2D eigenvalue weighted by Crippen LogP contribution is 2.36. The zero-order chi connectivity index (χ0) is 23.1. The van der Waals surface area contributed by atoms with Crippen LogP contribution in [0.2, 0.25) is 0 Å². The van der Waals surface area contributed by atoms with E-state index in [9.17, 15) is 16.8 Å². The molecule has 2 heterocycles. The van der Waals surface area contributed by atoms with Crippen LogP contribution in [0, 0.1) is 6.92 Å². The molecule has 0 saturated carbocycles. The molecule has 2 aliphatic rings. The van der Waals surface area contributed by atoms with Crippen LogP contribution < -0.4 is 13.8 Å². The number of ether oxygens (including phenoxy) is 2. The predicted molar refractivity (Wildman–Crippen MR) is 122 cm³/mol. The number of sulfonamides is 2. The van der Waals surface area contributed by atoms with E-state index in [1.807, 2.05) is 12.1 Å². The van der Waals surface area contributed by atoms with E-state index in [1.165, 1.54) is 14.7 Å². The second-order valence-corrected chi connectivity index (χ2v) is 12.0. The lowest BCUT2D eigenvalue weighted by Crippen LogP contribution is -2.38. The molecule has 32 heavy (non-hydrogen) atoms. The fourth-order valence-electron chi connectivity index (χ4n) is 4.30. The monoisotopic (exact) mass is 480 g/mol. The van der Waals surface area contributed by atoms with Gasteiger partial charge in [0.25, 0.3) is 0 Å². The van der Waals surface area contributed by atoms with Gasteiger partial charge in [-0.05, 0) is 67.1 Å². The first-order chi connectivity index (χ1) is 15.2. The molecule has 0 bridgehead atoms. The summed E-state index contributed by atoms with van der Waals surface area (Å²) in [7, 11) is -4.14. The van der Waals surface area contributed by atoms with Crippen molar-refractivity contribution >= 4 is 25.7 Å². The summed E-state index contributed by atoms with van der Waals surface area (Å²) in [4.78, 5) is 0.139. The third-order valence-corrected chi connectivity index (χ3v) is 9.97. The largest absolute Gasteiger partial charge is 0.493 e. The quantitative estimate of drug-likeness (QED) is 0.653. The third-order valence-electron chi connectivity index (χ3n) is 6.11. The molecular formula is C22H28N2O6S2. The molecule has 2 aliphatic heterocycles. The van der Waals surface area contributed by atoms with E-state index in [1.54, 1.807) is 33.3 Å². The highest BCUT2D eigenvalue weighted by atomic mass is 32.2. The molecular weight excluding hydrogens is 452 g/mol. The van der Waals surface area contributed by atoms with Gasteiger partial charge in [-0.25, -0.2) is 16.8 Å². The maximum atomic E-state index is 13.6. The Kier molecular flexibility index (Phi) is 6.12. The number of nitrogens with zero attached hydrogens (tertiary/aromatic N) is 2.